The molecule has 3 N–H and O–H groups in total. The summed E-state index contributed by atoms with van der Waals surface area (Å²) >= 11 is 5.86. The second-order valence-electron chi connectivity index (χ2n) is 9.14. The molecule has 182 valence electrons. The summed E-state index contributed by atoms with van der Waals surface area (Å²) in [5.41, 5.74) is 2.15. The van der Waals surface area contributed by atoms with Crippen LogP contribution < -0.4 is 16.0 Å². The average Bonchev–Trinajstić information content (AvgIpc) is 2.77. The van der Waals surface area contributed by atoms with E-state index in [9.17, 15) is 18.0 Å². The molecule has 0 bridgehead atoms. The molecule has 7 nitrogen and oxygen atoms in total. The molecule has 0 unspecified atom stereocenters. The number of carbonyl (C=O) groups is 2. The normalized spacial score (nSPS) is 19.2. The highest BCUT2D eigenvalue weighted by Gasteiger charge is 2.31. The van der Waals surface area contributed by atoms with E-state index in [0.717, 1.165) is 25.7 Å². The van der Waals surface area contributed by atoms with Gasteiger partial charge in [0.1, 0.15) is 6.04 Å². The number of benzene rings is 2. The zero-order valence-electron chi connectivity index (χ0n) is 19.0. The van der Waals surface area contributed by atoms with Crippen molar-refractivity contribution in [3.8, 4) is 0 Å². The van der Waals surface area contributed by atoms with Crippen LogP contribution in [0.3, 0.4) is 0 Å². The predicted molar refractivity (Wildman–Crippen MR) is 135 cm³/mol. The highest BCUT2D eigenvalue weighted by molar-refractivity contribution is 7.90. The molecule has 0 saturated heterocycles. The van der Waals surface area contributed by atoms with Gasteiger partial charge in [-0.1, -0.05) is 55.8 Å². The molecular weight excluding hydrogens is 474 g/mol. The molecule has 1 heterocycles. The molecule has 1 aliphatic carbocycles. The molecule has 2 aliphatic rings. The maximum Gasteiger partial charge on any atom is 0.251 e. The van der Waals surface area contributed by atoms with Crippen LogP contribution in [0.25, 0.3) is 0 Å². The second-order valence-corrected chi connectivity index (χ2v) is 11.7. The Hall–Kier alpha value is -2.58. The fraction of sp³-hybridized carbons (Fsp3) is 0.440. The molecule has 34 heavy (non-hydrogen) atoms. The van der Waals surface area contributed by atoms with Crippen LogP contribution in [0.15, 0.2) is 42.5 Å². The van der Waals surface area contributed by atoms with Crippen LogP contribution in [0.1, 0.15) is 60.9 Å². The highest BCUT2D eigenvalue weighted by Crippen LogP contribution is 2.29. The first-order valence-corrected chi connectivity index (χ1v) is 14.0. The number of anilines is 2. The van der Waals surface area contributed by atoms with Crippen molar-refractivity contribution >= 4 is 44.6 Å². The van der Waals surface area contributed by atoms with Crippen molar-refractivity contribution in [1.82, 2.24) is 5.32 Å². The van der Waals surface area contributed by atoms with Gasteiger partial charge in [-0.2, -0.15) is 0 Å². The Balaban J connectivity index is 1.39. The number of fused-ring (bicyclic) bond motifs is 1. The molecule has 1 fully saturated rings. The lowest BCUT2D eigenvalue weighted by atomic mass is 9.96. The molecule has 4 rings (SSSR count). The van der Waals surface area contributed by atoms with Crippen LogP contribution in [0, 0.1) is 0 Å². The first kappa shape index (κ1) is 24.5. The summed E-state index contributed by atoms with van der Waals surface area (Å²) in [7, 11) is -3.56. The van der Waals surface area contributed by atoms with Gasteiger partial charge in [0, 0.05) is 16.6 Å². The van der Waals surface area contributed by atoms with Gasteiger partial charge in [0.05, 0.1) is 22.9 Å². The van der Waals surface area contributed by atoms with Crippen molar-refractivity contribution in [2.24, 2.45) is 0 Å². The van der Waals surface area contributed by atoms with E-state index in [1.807, 2.05) is 0 Å². The van der Waals surface area contributed by atoms with Crippen molar-refractivity contribution in [3.63, 3.8) is 0 Å². The summed E-state index contributed by atoms with van der Waals surface area (Å²) in [5.74, 6) is -1.12. The van der Waals surface area contributed by atoms with Gasteiger partial charge in [0.25, 0.3) is 5.91 Å². The highest BCUT2D eigenvalue weighted by atomic mass is 35.5. The van der Waals surface area contributed by atoms with E-state index in [-0.39, 0.29) is 23.5 Å². The Labute approximate surface area is 205 Å². The third kappa shape index (κ3) is 6.51. The van der Waals surface area contributed by atoms with E-state index >= 15 is 0 Å². The summed E-state index contributed by atoms with van der Waals surface area (Å²) in [6, 6.07) is 10.9. The van der Waals surface area contributed by atoms with Gasteiger partial charge in [-0.25, -0.2) is 8.42 Å². The first-order chi connectivity index (χ1) is 16.3. The van der Waals surface area contributed by atoms with Crippen LogP contribution >= 0.6 is 11.6 Å². The number of halogens is 1. The van der Waals surface area contributed by atoms with Crippen molar-refractivity contribution in [1.29, 1.82) is 0 Å². The van der Waals surface area contributed by atoms with Gasteiger partial charge >= 0.3 is 0 Å². The fourth-order valence-corrected chi connectivity index (χ4v) is 6.21. The van der Waals surface area contributed by atoms with E-state index < -0.39 is 21.8 Å². The largest absolute Gasteiger partial charge is 0.371 e. The molecule has 1 saturated carbocycles. The molecule has 1 atom stereocenters. The van der Waals surface area contributed by atoms with E-state index in [1.54, 1.807) is 42.5 Å². The Morgan fingerprint density at radius 2 is 1.65 bits per heavy atom. The SMILES string of the molecule is O=C(NC1CCCCCCC1)c1ccc2c(c1)NC(=O)[C@H](CS(=O)(=O)Cc1ccc(Cl)cc1)N2. The van der Waals surface area contributed by atoms with Gasteiger partial charge < -0.3 is 16.0 Å². The number of hydrogen-bond acceptors (Lipinski definition) is 5. The maximum absolute atomic E-state index is 12.8. The minimum Gasteiger partial charge on any atom is -0.371 e. The molecule has 0 spiro atoms. The van der Waals surface area contributed by atoms with Crippen LogP contribution in [-0.4, -0.2) is 38.1 Å². The standard InChI is InChI=1S/C25H30ClN3O4S/c26-19-11-8-17(9-12-19)15-34(32,33)16-23-25(31)29-22-14-18(10-13-21(22)28-23)24(30)27-20-6-4-2-1-3-5-7-20/h8-14,20,23,28H,1-7,15-16H2,(H,27,30)(H,29,31)/t23-/m0/s1. The average molecular weight is 504 g/mol. The molecule has 0 radical (unpaired) electrons. The zero-order valence-corrected chi connectivity index (χ0v) is 20.6. The van der Waals surface area contributed by atoms with Crippen molar-refractivity contribution in [2.45, 2.75) is 62.8 Å². The summed E-state index contributed by atoms with van der Waals surface area (Å²) in [4.78, 5) is 25.4. The molecule has 0 aromatic heterocycles. The van der Waals surface area contributed by atoms with Gasteiger partial charge in [-0.15, -0.1) is 0 Å². The molecular formula is C25H30ClN3O4S. The minimum atomic E-state index is -3.56. The van der Waals surface area contributed by atoms with Crippen molar-refractivity contribution < 1.29 is 18.0 Å². The lowest BCUT2D eigenvalue weighted by Crippen LogP contribution is -2.43. The first-order valence-electron chi connectivity index (χ1n) is 11.8. The number of rotatable bonds is 6. The number of hydrogen-bond donors (Lipinski definition) is 3. The van der Waals surface area contributed by atoms with Crippen LogP contribution in [0.5, 0.6) is 0 Å². The number of carbonyl (C=O) groups excluding carboxylic acids is 2. The monoisotopic (exact) mass is 503 g/mol. The van der Waals surface area contributed by atoms with E-state index in [1.165, 1.54) is 19.3 Å². The van der Waals surface area contributed by atoms with Crippen LogP contribution in [0.4, 0.5) is 11.4 Å². The molecule has 9 heteroatoms. The topological polar surface area (TPSA) is 104 Å². The quantitative estimate of drug-likeness (QED) is 0.537. The van der Waals surface area contributed by atoms with Gasteiger partial charge in [-0.05, 0) is 48.7 Å². The summed E-state index contributed by atoms with van der Waals surface area (Å²) < 4.78 is 25.4. The Morgan fingerprint density at radius 3 is 2.35 bits per heavy atom. The Kier molecular flexibility index (Phi) is 7.78. The molecule has 2 aromatic carbocycles. The van der Waals surface area contributed by atoms with E-state index in [2.05, 4.69) is 16.0 Å². The zero-order chi connectivity index (χ0) is 24.1. The van der Waals surface area contributed by atoms with Gasteiger partial charge in [0.2, 0.25) is 5.91 Å². The number of nitrogens with one attached hydrogen (secondary N) is 3. The van der Waals surface area contributed by atoms with E-state index in [0.29, 0.717) is 27.5 Å². The minimum absolute atomic E-state index is 0.157. The van der Waals surface area contributed by atoms with Gasteiger partial charge in [0.15, 0.2) is 9.84 Å². The smallest absolute Gasteiger partial charge is 0.251 e. The fourth-order valence-electron chi connectivity index (χ4n) is 4.52. The second kappa shape index (κ2) is 10.8. The molecule has 2 amide bonds. The summed E-state index contributed by atoms with van der Waals surface area (Å²) in [6.45, 7) is 0. The Bertz CT molecular complexity index is 1140. The van der Waals surface area contributed by atoms with Gasteiger partial charge in [-0.3, -0.25) is 9.59 Å². The lowest BCUT2D eigenvalue weighted by Gasteiger charge is -2.27. The van der Waals surface area contributed by atoms with Crippen LogP contribution in [0.2, 0.25) is 5.02 Å². The van der Waals surface area contributed by atoms with Crippen molar-refractivity contribution in [2.75, 3.05) is 16.4 Å². The number of amides is 2. The lowest BCUT2D eigenvalue weighted by molar-refractivity contribution is -0.116. The maximum atomic E-state index is 12.8. The van der Waals surface area contributed by atoms with Crippen LogP contribution in [-0.2, 0) is 20.4 Å². The Morgan fingerprint density at radius 1 is 0.971 bits per heavy atom. The molecule has 1 aliphatic heterocycles. The summed E-state index contributed by atoms with van der Waals surface area (Å²) in [5, 5.41) is 9.43. The number of sulfone groups is 1. The predicted octanol–water partition coefficient (Wildman–Crippen LogP) is 4.53. The third-order valence-corrected chi connectivity index (χ3v) is 8.21. The third-order valence-electron chi connectivity index (χ3n) is 6.35. The molecule has 2 aromatic rings. The summed E-state index contributed by atoms with van der Waals surface area (Å²) in [6.07, 6.45) is 7.90. The van der Waals surface area contributed by atoms with Crippen molar-refractivity contribution in [3.05, 3.63) is 58.6 Å². The van der Waals surface area contributed by atoms with E-state index in [4.69, 9.17) is 11.6 Å².